The van der Waals surface area contributed by atoms with Crippen LogP contribution in [0.15, 0.2) is 24.3 Å². The number of likely N-dealkylation sites (N-methyl/N-ethyl adjacent to an activating group) is 1. The summed E-state index contributed by atoms with van der Waals surface area (Å²) in [6, 6.07) is 5.94. The number of nitrogens with one attached hydrogen (secondary N) is 1. The van der Waals surface area contributed by atoms with Gasteiger partial charge in [-0.1, -0.05) is 12.1 Å². The van der Waals surface area contributed by atoms with E-state index in [0.29, 0.717) is 25.9 Å². The van der Waals surface area contributed by atoms with Gasteiger partial charge in [0.1, 0.15) is 5.82 Å². The van der Waals surface area contributed by atoms with Crippen LogP contribution in [0.25, 0.3) is 0 Å². The van der Waals surface area contributed by atoms with Crippen LogP contribution < -0.4 is 4.72 Å². The summed E-state index contributed by atoms with van der Waals surface area (Å²) in [6.07, 6.45) is 1.03. The molecular weight excluding hydrogens is 369 g/mol. The number of piperazine rings is 1. The molecule has 1 aliphatic carbocycles. The van der Waals surface area contributed by atoms with Gasteiger partial charge < -0.3 is 9.80 Å². The van der Waals surface area contributed by atoms with Crippen LogP contribution >= 0.6 is 0 Å². The summed E-state index contributed by atoms with van der Waals surface area (Å²) in [7, 11) is -1.30. The van der Waals surface area contributed by atoms with E-state index in [9.17, 15) is 17.6 Å². The van der Waals surface area contributed by atoms with Crippen molar-refractivity contribution in [3.05, 3.63) is 35.6 Å². The monoisotopic (exact) mass is 397 g/mol. The van der Waals surface area contributed by atoms with Crippen molar-refractivity contribution < 1.29 is 17.6 Å². The van der Waals surface area contributed by atoms with E-state index < -0.39 is 10.0 Å². The minimum absolute atomic E-state index is 0.0157. The van der Waals surface area contributed by atoms with Crippen LogP contribution in [0.3, 0.4) is 0 Å². The van der Waals surface area contributed by atoms with Gasteiger partial charge in [0.2, 0.25) is 15.9 Å². The second-order valence-corrected chi connectivity index (χ2v) is 9.63. The Labute approximate surface area is 160 Å². The van der Waals surface area contributed by atoms with Gasteiger partial charge in [-0.2, -0.15) is 0 Å². The molecule has 8 heteroatoms. The molecule has 6 nitrogen and oxygen atoms in total. The zero-order valence-electron chi connectivity index (χ0n) is 15.9. The highest BCUT2D eigenvalue weighted by molar-refractivity contribution is 7.89. The van der Waals surface area contributed by atoms with E-state index in [4.69, 9.17) is 0 Å². The fraction of sp³-hybridized carbons (Fsp3) is 0.632. The van der Waals surface area contributed by atoms with Gasteiger partial charge in [0, 0.05) is 38.1 Å². The van der Waals surface area contributed by atoms with Crippen molar-refractivity contribution >= 4 is 15.9 Å². The Bertz CT molecular complexity index is 761. The summed E-state index contributed by atoms with van der Waals surface area (Å²) < 4.78 is 40.1. The molecule has 0 aromatic heterocycles. The molecule has 0 spiro atoms. The van der Waals surface area contributed by atoms with Crippen molar-refractivity contribution in [1.29, 1.82) is 0 Å². The van der Waals surface area contributed by atoms with Crippen molar-refractivity contribution in [2.45, 2.75) is 31.7 Å². The second-order valence-electron chi connectivity index (χ2n) is 7.58. The molecule has 1 aromatic carbocycles. The molecule has 1 N–H and O–H groups in total. The van der Waals surface area contributed by atoms with E-state index in [0.717, 1.165) is 18.7 Å². The highest BCUT2D eigenvalue weighted by atomic mass is 32.2. The lowest BCUT2D eigenvalue weighted by molar-refractivity contribution is -0.137. The maximum Gasteiger partial charge on any atom is 0.226 e. The number of hydrogen-bond donors (Lipinski definition) is 1. The molecule has 1 aliphatic heterocycles. The molecule has 1 aromatic rings. The van der Waals surface area contributed by atoms with Crippen LogP contribution in [-0.4, -0.2) is 69.1 Å². The third-order valence-corrected chi connectivity index (χ3v) is 7.17. The van der Waals surface area contributed by atoms with Gasteiger partial charge in [0.05, 0.1) is 5.75 Å². The van der Waals surface area contributed by atoms with Crippen LogP contribution in [0.2, 0.25) is 0 Å². The van der Waals surface area contributed by atoms with Gasteiger partial charge in [-0.3, -0.25) is 4.79 Å². The number of sulfonamides is 1. The van der Waals surface area contributed by atoms with Crippen molar-refractivity contribution in [3.63, 3.8) is 0 Å². The van der Waals surface area contributed by atoms with Crippen LogP contribution in [0, 0.1) is 11.7 Å². The summed E-state index contributed by atoms with van der Waals surface area (Å²) in [6.45, 7) is 4.65. The summed E-state index contributed by atoms with van der Waals surface area (Å²) >= 11 is 0. The Hall–Kier alpha value is -1.51. The molecule has 1 amide bonds. The molecule has 0 radical (unpaired) electrons. The molecule has 1 saturated heterocycles. The van der Waals surface area contributed by atoms with E-state index in [2.05, 4.69) is 9.62 Å². The molecule has 3 atom stereocenters. The molecule has 1 heterocycles. The smallest absolute Gasteiger partial charge is 0.226 e. The van der Waals surface area contributed by atoms with Crippen LogP contribution in [0.4, 0.5) is 4.39 Å². The van der Waals surface area contributed by atoms with Gasteiger partial charge in [-0.25, -0.2) is 17.5 Å². The van der Waals surface area contributed by atoms with Gasteiger partial charge in [-0.05, 0) is 50.4 Å². The fourth-order valence-corrected chi connectivity index (χ4v) is 4.95. The van der Waals surface area contributed by atoms with Gasteiger partial charge in [0.25, 0.3) is 0 Å². The molecule has 2 aliphatic rings. The zero-order valence-corrected chi connectivity index (χ0v) is 16.7. The maximum atomic E-state index is 13.3. The number of hydrogen-bond acceptors (Lipinski definition) is 4. The standard InChI is InChI=1S/C19H28FN3O3S/c1-3-27(25,26)21-16-12-17(14-4-6-15(20)7-5-14)18(13-16)19(24)23-10-8-22(2)9-11-23/h4-7,16-18,21H,3,8-13H2,1-2H3/t16-,17+,18-/m0/s1. The van der Waals surface area contributed by atoms with Crippen molar-refractivity contribution in [2.75, 3.05) is 39.0 Å². The van der Waals surface area contributed by atoms with E-state index in [1.807, 2.05) is 11.9 Å². The van der Waals surface area contributed by atoms with Crippen molar-refractivity contribution in [3.8, 4) is 0 Å². The largest absolute Gasteiger partial charge is 0.340 e. The first-order valence-electron chi connectivity index (χ1n) is 9.52. The lowest BCUT2D eigenvalue weighted by Gasteiger charge is -2.35. The highest BCUT2D eigenvalue weighted by Crippen LogP contribution is 2.41. The predicted octanol–water partition coefficient (Wildman–Crippen LogP) is 1.40. The lowest BCUT2D eigenvalue weighted by Crippen LogP contribution is -2.49. The number of rotatable bonds is 5. The number of carbonyl (C=O) groups is 1. The highest BCUT2D eigenvalue weighted by Gasteiger charge is 2.42. The summed E-state index contributed by atoms with van der Waals surface area (Å²) in [5, 5.41) is 0. The van der Waals surface area contributed by atoms with Gasteiger partial charge in [-0.15, -0.1) is 0 Å². The van der Waals surface area contributed by atoms with Crippen molar-refractivity contribution in [1.82, 2.24) is 14.5 Å². The summed E-state index contributed by atoms with van der Waals surface area (Å²) in [4.78, 5) is 17.3. The summed E-state index contributed by atoms with van der Waals surface area (Å²) in [5.41, 5.74) is 0.891. The molecule has 150 valence electrons. The molecule has 3 rings (SSSR count). The molecular formula is C19H28FN3O3S. The average molecular weight is 398 g/mol. The van der Waals surface area contributed by atoms with E-state index in [1.165, 1.54) is 12.1 Å². The third kappa shape index (κ3) is 4.86. The van der Waals surface area contributed by atoms with Crippen LogP contribution in [0.5, 0.6) is 0 Å². The Morgan fingerprint density at radius 1 is 1.15 bits per heavy atom. The average Bonchev–Trinajstić information content (AvgIpc) is 3.05. The van der Waals surface area contributed by atoms with Gasteiger partial charge >= 0.3 is 0 Å². The second kappa shape index (κ2) is 8.24. The first-order chi connectivity index (χ1) is 12.8. The number of carbonyl (C=O) groups excluding carboxylic acids is 1. The van der Waals surface area contributed by atoms with Gasteiger partial charge in [0.15, 0.2) is 0 Å². The Morgan fingerprint density at radius 3 is 2.37 bits per heavy atom. The molecule has 0 bridgehead atoms. The zero-order chi connectivity index (χ0) is 19.6. The Kier molecular flexibility index (Phi) is 6.18. The number of amides is 1. The first-order valence-corrected chi connectivity index (χ1v) is 11.2. The maximum absolute atomic E-state index is 13.3. The Morgan fingerprint density at radius 2 is 1.78 bits per heavy atom. The first kappa shape index (κ1) is 20.2. The van der Waals surface area contributed by atoms with E-state index in [-0.39, 0.29) is 35.4 Å². The summed E-state index contributed by atoms with van der Waals surface area (Å²) in [5.74, 6) is -0.620. The Balaban J connectivity index is 1.80. The van der Waals surface area contributed by atoms with Crippen molar-refractivity contribution in [2.24, 2.45) is 5.92 Å². The number of halogens is 1. The molecule has 27 heavy (non-hydrogen) atoms. The van der Waals surface area contributed by atoms with Crippen LogP contribution in [0.1, 0.15) is 31.2 Å². The quantitative estimate of drug-likeness (QED) is 0.816. The predicted molar refractivity (Wildman–Crippen MR) is 102 cm³/mol. The minimum atomic E-state index is -3.34. The van der Waals surface area contributed by atoms with E-state index >= 15 is 0 Å². The third-order valence-electron chi connectivity index (χ3n) is 5.72. The molecule has 2 fully saturated rings. The SMILES string of the molecule is CCS(=O)(=O)N[C@@H]1C[C@H](C(=O)N2CCN(C)CC2)[C@@H](c2ccc(F)cc2)C1. The normalized spacial score (nSPS) is 27.1. The number of nitrogens with zero attached hydrogens (tertiary/aromatic N) is 2. The molecule has 0 unspecified atom stereocenters. The minimum Gasteiger partial charge on any atom is -0.340 e. The van der Waals surface area contributed by atoms with E-state index in [1.54, 1.807) is 19.1 Å². The number of benzene rings is 1. The topological polar surface area (TPSA) is 69.7 Å². The lowest BCUT2D eigenvalue weighted by atomic mass is 9.88. The molecule has 1 saturated carbocycles. The fourth-order valence-electron chi connectivity index (χ4n) is 4.08. The van der Waals surface area contributed by atoms with Crippen LogP contribution in [-0.2, 0) is 14.8 Å².